The van der Waals surface area contributed by atoms with E-state index >= 15 is 0 Å². The van der Waals surface area contributed by atoms with Gasteiger partial charge < -0.3 is 26.3 Å². The molecular formula is C20H23ClN8O3. The molecule has 0 spiro atoms. The molecule has 0 aliphatic heterocycles. The molecule has 5 N–H and O–H groups in total. The van der Waals surface area contributed by atoms with Crippen molar-refractivity contribution in [3.63, 3.8) is 0 Å². The van der Waals surface area contributed by atoms with Crippen molar-refractivity contribution in [3.05, 3.63) is 45.0 Å². The first-order valence-electron chi connectivity index (χ1n) is 9.60. The minimum atomic E-state index is -0.594. The van der Waals surface area contributed by atoms with Crippen molar-refractivity contribution >= 4 is 40.1 Å². The van der Waals surface area contributed by atoms with Crippen molar-refractivity contribution in [3.8, 4) is 6.07 Å². The monoisotopic (exact) mass is 458 g/mol. The fraction of sp³-hybridized carbons (Fsp3) is 0.350. The molecule has 168 valence electrons. The molecule has 32 heavy (non-hydrogen) atoms. The van der Waals surface area contributed by atoms with Crippen LogP contribution in [-0.4, -0.2) is 47.0 Å². The predicted molar refractivity (Wildman–Crippen MR) is 121 cm³/mol. The van der Waals surface area contributed by atoms with Gasteiger partial charge in [-0.2, -0.15) is 15.2 Å². The Hall–Kier alpha value is -3.46. The zero-order valence-corrected chi connectivity index (χ0v) is 18.6. The number of nitrogens with one attached hydrogen (secondary N) is 1. The van der Waals surface area contributed by atoms with Crippen molar-refractivity contribution < 1.29 is 9.47 Å². The van der Waals surface area contributed by atoms with E-state index in [2.05, 4.69) is 15.3 Å². The summed E-state index contributed by atoms with van der Waals surface area (Å²) in [6.45, 7) is 2.16. The van der Waals surface area contributed by atoms with Gasteiger partial charge in [0.2, 0.25) is 5.95 Å². The van der Waals surface area contributed by atoms with Crippen molar-refractivity contribution in [2.75, 3.05) is 44.2 Å². The lowest BCUT2D eigenvalue weighted by atomic mass is 10.1. The second kappa shape index (κ2) is 9.78. The minimum Gasteiger partial charge on any atom is -0.382 e. The van der Waals surface area contributed by atoms with Crippen LogP contribution < -0.4 is 22.3 Å². The molecule has 1 aromatic carbocycles. The highest BCUT2D eigenvalue weighted by Crippen LogP contribution is 2.26. The van der Waals surface area contributed by atoms with E-state index in [9.17, 15) is 10.1 Å². The molecular weight excluding hydrogens is 436 g/mol. The molecule has 0 aliphatic carbocycles. The molecule has 1 atom stereocenters. The van der Waals surface area contributed by atoms with Gasteiger partial charge in [-0.3, -0.25) is 9.36 Å². The van der Waals surface area contributed by atoms with Crippen molar-refractivity contribution in [2.24, 2.45) is 0 Å². The van der Waals surface area contributed by atoms with Gasteiger partial charge in [0.05, 0.1) is 41.2 Å². The van der Waals surface area contributed by atoms with E-state index < -0.39 is 12.1 Å². The third kappa shape index (κ3) is 4.43. The van der Waals surface area contributed by atoms with Crippen LogP contribution in [0.2, 0.25) is 5.02 Å². The summed E-state index contributed by atoms with van der Waals surface area (Å²) in [5.41, 5.74) is 11.6. The van der Waals surface area contributed by atoms with Gasteiger partial charge in [-0.15, -0.1) is 0 Å². The summed E-state index contributed by atoms with van der Waals surface area (Å²) in [4.78, 5) is 26.1. The number of rotatable bonds is 8. The molecule has 0 saturated carbocycles. The van der Waals surface area contributed by atoms with Crippen molar-refractivity contribution in [2.45, 2.75) is 19.0 Å². The van der Waals surface area contributed by atoms with Gasteiger partial charge in [-0.25, -0.2) is 4.98 Å². The fourth-order valence-corrected chi connectivity index (χ4v) is 3.69. The second-order valence-corrected chi connectivity index (χ2v) is 7.42. The molecule has 0 radical (unpaired) electrons. The number of benzene rings is 1. The second-order valence-electron chi connectivity index (χ2n) is 7.01. The number of hydrogen-bond acceptors (Lipinski definition) is 10. The molecule has 3 aromatic rings. The summed E-state index contributed by atoms with van der Waals surface area (Å²) in [6.07, 6.45) is 0. The van der Waals surface area contributed by atoms with E-state index in [-0.39, 0.29) is 52.3 Å². The smallest absolute Gasteiger partial charge is 0.263 e. The SMILES string of the molecule is COCC(COC)n1c([C@H](C)Nc2nc(N)nc(N)c2C#N)nc2cccc(Cl)c2c1=O. The van der Waals surface area contributed by atoms with Crippen LogP contribution in [0.25, 0.3) is 10.9 Å². The Labute approximate surface area is 188 Å². The Bertz CT molecular complexity index is 1230. The van der Waals surface area contributed by atoms with Crippen LogP contribution in [0.5, 0.6) is 0 Å². The minimum absolute atomic E-state index is 0.0362. The highest BCUT2D eigenvalue weighted by atomic mass is 35.5. The Morgan fingerprint density at radius 3 is 2.53 bits per heavy atom. The van der Waals surface area contributed by atoms with Crippen LogP contribution in [0.15, 0.2) is 23.0 Å². The number of nitrogens with two attached hydrogens (primary N) is 2. The molecule has 0 saturated heterocycles. The number of aromatic nitrogens is 4. The molecule has 2 aromatic heterocycles. The first-order valence-corrected chi connectivity index (χ1v) is 9.98. The topological polar surface area (TPSA) is 167 Å². The third-order valence-corrected chi connectivity index (χ3v) is 5.11. The standard InChI is InChI=1S/C20H23ClN8O3/c1-10(25-17-12(7-22)16(23)27-20(24)28-17)18-26-14-6-4-5-13(21)15(14)19(30)29(18)11(8-31-2)9-32-3/h4-6,10-11H,8-9H2,1-3H3,(H5,23,24,25,27,28)/t10-/m0/s1. The number of fused-ring (bicyclic) bond motifs is 1. The van der Waals surface area contributed by atoms with Gasteiger partial charge in [0.15, 0.2) is 5.82 Å². The maximum absolute atomic E-state index is 13.5. The number of anilines is 3. The average molecular weight is 459 g/mol. The molecule has 0 amide bonds. The summed E-state index contributed by atoms with van der Waals surface area (Å²) < 4.78 is 12.1. The van der Waals surface area contributed by atoms with E-state index in [1.54, 1.807) is 25.1 Å². The molecule has 0 fully saturated rings. The van der Waals surface area contributed by atoms with Crippen LogP contribution in [0.3, 0.4) is 0 Å². The Morgan fingerprint density at radius 2 is 1.91 bits per heavy atom. The van der Waals surface area contributed by atoms with E-state index in [0.717, 1.165) is 0 Å². The highest BCUT2D eigenvalue weighted by molar-refractivity contribution is 6.35. The fourth-order valence-electron chi connectivity index (χ4n) is 3.44. The number of nitriles is 1. The van der Waals surface area contributed by atoms with Crippen LogP contribution in [0, 0.1) is 11.3 Å². The molecule has 2 heterocycles. The molecule has 0 unspecified atom stereocenters. The normalized spacial score (nSPS) is 12.1. The Morgan fingerprint density at radius 1 is 1.22 bits per heavy atom. The zero-order valence-electron chi connectivity index (χ0n) is 17.8. The van der Waals surface area contributed by atoms with Crippen LogP contribution in [0.1, 0.15) is 30.4 Å². The highest BCUT2D eigenvalue weighted by Gasteiger charge is 2.25. The van der Waals surface area contributed by atoms with Crippen LogP contribution in [0.4, 0.5) is 17.6 Å². The first kappa shape index (κ1) is 23.2. The van der Waals surface area contributed by atoms with E-state index in [1.165, 1.54) is 18.8 Å². The Kier molecular flexibility index (Phi) is 7.09. The molecule has 0 bridgehead atoms. The Balaban J connectivity index is 2.22. The maximum Gasteiger partial charge on any atom is 0.263 e. The van der Waals surface area contributed by atoms with Gasteiger partial charge in [-0.05, 0) is 19.1 Å². The van der Waals surface area contributed by atoms with Gasteiger partial charge in [0, 0.05) is 14.2 Å². The van der Waals surface area contributed by atoms with Crippen LogP contribution >= 0.6 is 11.6 Å². The maximum atomic E-state index is 13.5. The molecule has 12 heteroatoms. The lowest BCUT2D eigenvalue weighted by Crippen LogP contribution is -2.35. The van der Waals surface area contributed by atoms with Gasteiger partial charge in [0.1, 0.15) is 23.3 Å². The van der Waals surface area contributed by atoms with E-state index in [1.807, 2.05) is 6.07 Å². The van der Waals surface area contributed by atoms with Crippen LogP contribution in [-0.2, 0) is 9.47 Å². The van der Waals surface area contributed by atoms with E-state index in [4.69, 9.17) is 37.5 Å². The number of hydrogen-bond donors (Lipinski definition) is 3. The summed E-state index contributed by atoms with van der Waals surface area (Å²) in [7, 11) is 3.06. The zero-order chi connectivity index (χ0) is 23.4. The summed E-state index contributed by atoms with van der Waals surface area (Å²) in [5.74, 6) is 0.348. The molecule has 0 aliphatic rings. The van der Waals surface area contributed by atoms with Gasteiger partial charge >= 0.3 is 0 Å². The molecule has 3 rings (SSSR count). The number of methoxy groups -OCH3 is 2. The lowest BCUT2D eigenvalue weighted by Gasteiger charge is -2.26. The summed E-state index contributed by atoms with van der Waals surface area (Å²) in [6, 6.07) is 5.92. The summed E-state index contributed by atoms with van der Waals surface area (Å²) in [5, 5.41) is 13.1. The van der Waals surface area contributed by atoms with Gasteiger partial charge in [-0.1, -0.05) is 17.7 Å². The first-order chi connectivity index (χ1) is 15.3. The van der Waals surface area contributed by atoms with Gasteiger partial charge in [0.25, 0.3) is 5.56 Å². The number of halogens is 1. The number of nitrogen functional groups attached to an aromatic ring is 2. The third-order valence-electron chi connectivity index (χ3n) is 4.80. The van der Waals surface area contributed by atoms with Crippen molar-refractivity contribution in [1.29, 1.82) is 5.26 Å². The predicted octanol–water partition coefficient (Wildman–Crippen LogP) is 1.88. The quantitative estimate of drug-likeness (QED) is 0.453. The number of ether oxygens (including phenoxy) is 2. The largest absolute Gasteiger partial charge is 0.382 e. The van der Waals surface area contributed by atoms with E-state index in [0.29, 0.717) is 11.3 Å². The molecule has 11 nitrogen and oxygen atoms in total. The van der Waals surface area contributed by atoms with Crippen molar-refractivity contribution in [1.82, 2.24) is 19.5 Å². The lowest BCUT2D eigenvalue weighted by molar-refractivity contribution is 0.0859. The number of nitrogens with zero attached hydrogens (tertiary/aromatic N) is 5. The summed E-state index contributed by atoms with van der Waals surface area (Å²) >= 11 is 6.32. The average Bonchev–Trinajstić information content (AvgIpc) is 2.73.